The Labute approximate surface area is 180 Å². The monoisotopic (exact) mass is 426 g/mol. The Balaban J connectivity index is 1.94. The summed E-state index contributed by atoms with van der Waals surface area (Å²) in [7, 11) is 0. The Morgan fingerprint density at radius 1 is 1.19 bits per heavy atom. The molecule has 2 aromatic rings. The molecule has 31 heavy (non-hydrogen) atoms. The summed E-state index contributed by atoms with van der Waals surface area (Å²) in [6.07, 6.45) is -0.835. The number of nitrogens with one attached hydrogen (secondary N) is 1. The van der Waals surface area contributed by atoms with Gasteiger partial charge in [0, 0.05) is 11.8 Å². The van der Waals surface area contributed by atoms with Gasteiger partial charge in [0.1, 0.15) is 6.54 Å². The molecule has 1 atom stereocenters. The van der Waals surface area contributed by atoms with Crippen LogP contribution in [0.5, 0.6) is 5.75 Å². The van der Waals surface area contributed by atoms with Gasteiger partial charge in [-0.2, -0.15) is 0 Å². The van der Waals surface area contributed by atoms with Gasteiger partial charge >= 0.3 is 5.82 Å². The fourth-order valence-corrected chi connectivity index (χ4v) is 3.55. The SMILES string of the molecule is CC1Oc2ccc([N+](=O)[O-])nc2N(CC(=O)Nc2c(C(C)C)cccc2C(C)C)C1=O. The highest BCUT2D eigenvalue weighted by atomic mass is 16.6. The highest BCUT2D eigenvalue weighted by Crippen LogP contribution is 2.35. The number of nitrogens with zero attached hydrogens (tertiary/aromatic N) is 3. The minimum absolute atomic E-state index is 0.0336. The lowest BCUT2D eigenvalue weighted by molar-refractivity contribution is -0.389. The van der Waals surface area contributed by atoms with E-state index in [-0.39, 0.29) is 29.9 Å². The molecule has 0 bridgehead atoms. The van der Waals surface area contributed by atoms with Crippen LogP contribution in [0.25, 0.3) is 0 Å². The number of hydrogen-bond acceptors (Lipinski definition) is 6. The minimum atomic E-state index is -0.835. The maximum atomic E-state index is 13.0. The number of fused-ring (bicyclic) bond motifs is 1. The summed E-state index contributed by atoms with van der Waals surface area (Å²) in [4.78, 5) is 41.3. The number of nitro groups is 1. The van der Waals surface area contributed by atoms with Crippen molar-refractivity contribution in [1.29, 1.82) is 0 Å². The quantitative estimate of drug-likeness (QED) is 0.552. The summed E-state index contributed by atoms with van der Waals surface area (Å²) in [6.45, 7) is 9.40. The number of ether oxygens (including phenoxy) is 1. The third kappa shape index (κ3) is 4.50. The molecule has 0 aliphatic carbocycles. The van der Waals surface area contributed by atoms with Crippen molar-refractivity contribution in [2.24, 2.45) is 0 Å². The first-order valence-corrected chi connectivity index (χ1v) is 10.2. The number of hydrogen-bond donors (Lipinski definition) is 1. The van der Waals surface area contributed by atoms with Crippen LogP contribution in [-0.2, 0) is 9.59 Å². The number of rotatable bonds is 6. The van der Waals surface area contributed by atoms with Crippen LogP contribution >= 0.6 is 0 Å². The zero-order valence-corrected chi connectivity index (χ0v) is 18.2. The van der Waals surface area contributed by atoms with E-state index in [0.717, 1.165) is 21.7 Å². The van der Waals surface area contributed by atoms with Crippen LogP contribution in [0.1, 0.15) is 57.6 Å². The predicted molar refractivity (Wildman–Crippen MR) is 117 cm³/mol. The van der Waals surface area contributed by atoms with E-state index in [1.165, 1.54) is 12.1 Å². The minimum Gasteiger partial charge on any atom is -0.475 e. The maximum absolute atomic E-state index is 13.0. The van der Waals surface area contributed by atoms with Crippen LogP contribution in [0, 0.1) is 10.1 Å². The molecule has 2 amide bonds. The third-order valence-electron chi connectivity index (χ3n) is 5.12. The molecule has 1 aliphatic rings. The second-order valence-corrected chi connectivity index (χ2v) is 8.10. The molecular weight excluding hydrogens is 400 g/mol. The number of amides is 2. The van der Waals surface area contributed by atoms with E-state index >= 15 is 0 Å². The van der Waals surface area contributed by atoms with Gasteiger partial charge in [-0.05, 0) is 45.9 Å². The van der Waals surface area contributed by atoms with Crippen LogP contribution in [0.15, 0.2) is 30.3 Å². The first kappa shape index (κ1) is 22.2. The highest BCUT2D eigenvalue weighted by Gasteiger charge is 2.38. The van der Waals surface area contributed by atoms with Crippen molar-refractivity contribution in [2.75, 3.05) is 16.8 Å². The highest BCUT2D eigenvalue weighted by molar-refractivity contribution is 6.05. The molecule has 0 saturated heterocycles. The average molecular weight is 426 g/mol. The smallest absolute Gasteiger partial charge is 0.366 e. The van der Waals surface area contributed by atoms with Gasteiger partial charge in [-0.3, -0.25) is 14.5 Å². The molecule has 164 valence electrons. The summed E-state index contributed by atoms with van der Waals surface area (Å²) in [5.74, 6) is -0.784. The molecule has 0 radical (unpaired) electrons. The second-order valence-electron chi connectivity index (χ2n) is 8.10. The first-order chi connectivity index (χ1) is 14.6. The van der Waals surface area contributed by atoms with E-state index in [1.807, 2.05) is 45.9 Å². The zero-order valence-electron chi connectivity index (χ0n) is 18.2. The lowest BCUT2D eigenvalue weighted by Crippen LogP contribution is -2.48. The summed E-state index contributed by atoms with van der Waals surface area (Å²) in [5, 5.41) is 14.1. The largest absolute Gasteiger partial charge is 0.475 e. The number of aromatic nitrogens is 1. The summed E-state index contributed by atoms with van der Waals surface area (Å²) in [6, 6.07) is 8.49. The Kier molecular flexibility index (Phi) is 6.24. The van der Waals surface area contributed by atoms with Gasteiger partial charge in [0.2, 0.25) is 5.91 Å². The number of pyridine rings is 1. The van der Waals surface area contributed by atoms with E-state index < -0.39 is 28.7 Å². The molecule has 3 rings (SSSR count). The standard InChI is InChI=1S/C22H26N4O5/c1-12(2)15-7-6-8-16(13(3)4)20(15)24-19(27)11-25-21-17(31-14(5)22(25)28)9-10-18(23-21)26(29)30/h6-10,12-14H,11H2,1-5H3,(H,24,27). The van der Waals surface area contributed by atoms with Crippen LogP contribution in [0.4, 0.5) is 17.3 Å². The first-order valence-electron chi connectivity index (χ1n) is 10.2. The summed E-state index contributed by atoms with van der Waals surface area (Å²) >= 11 is 0. The molecule has 1 aromatic carbocycles. The Bertz CT molecular complexity index is 1010. The van der Waals surface area contributed by atoms with Crippen LogP contribution in [0.3, 0.4) is 0 Å². The van der Waals surface area contributed by atoms with Crippen molar-refractivity contribution in [1.82, 2.24) is 4.98 Å². The van der Waals surface area contributed by atoms with Crippen molar-refractivity contribution >= 4 is 29.1 Å². The van der Waals surface area contributed by atoms with Crippen molar-refractivity contribution in [2.45, 2.75) is 52.6 Å². The molecule has 0 saturated carbocycles. The molecule has 0 spiro atoms. The Hall–Kier alpha value is -3.49. The molecule has 0 fully saturated rings. The number of anilines is 2. The van der Waals surface area contributed by atoms with Gasteiger partial charge in [-0.1, -0.05) is 45.9 Å². The van der Waals surface area contributed by atoms with Crippen molar-refractivity contribution in [3.8, 4) is 5.75 Å². The Morgan fingerprint density at radius 2 is 1.81 bits per heavy atom. The van der Waals surface area contributed by atoms with E-state index in [1.54, 1.807) is 6.92 Å². The van der Waals surface area contributed by atoms with Gasteiger partial charge in [-0.15, -0.1) is 0 Å². The summed E-state index contributed by atoms with van der Waals surface area (Å²) < 4.78 is 5.50. The fourth-order valence-electron chi connectivity index (χ4n) is 3.55. The van der Waals surface area contributed by atoms with Gasteiger partial charge < -0.3 is 20.2 Å². The molecule has 1 aliphatic heterocycles. The van der Waals surface area contributed by atoms with E-state index in [2.05, 4.69) is 10.3 Å². The predicted octanol–water partition coefficient (Wildman–Crippen LogP) is 3.99. The molecule has 9 heteroatoms. The third-order valence-corrected chi connectivity index (χ3v) is 5.12. The Morgan fingerprint density at radius 3 is 2.35 bits per heavy atom. The van der Waals surface area contributed by atoms with Crippen LogP contribution in [-0.4, -0.2) is 34.4 Å². The van der Waals surface area contributed by atoms with Crippen molar-refractivity contribution in [3.63, 3.8) is 0 Å². The van der Waals surface area contributed by atoms with Gasteiger partial charge in [0.25, 0.3) is 11.7 Å². The molecule has 9 nitrogen and oxygen atoms in total. The molecular formula is C22H26N4O5. The number of carbonyl (C=O) groups is 2. The maximum Gasteiger partial charge on any atom is 0.366 e. The fraction of sp³-hybridized carbons (Fsp3) is 0.409. The van der Waals surface area contributed by atoms with Crippen LogP contribution < -0.4 is 15.0 Å². The van der Waals surface area contributed by atoms with E-state index in [9.17, 15) is 19.7 Å². The normalized spacial score (nSPS) is 15.6. The van der Waals surface area contributed by atoms with Gasteiger partial charge in [-0.25, -0.2) is 0 Å². The van der Waals surface area contributed by atoms with Crippen molar-refractivity contribution in [3.05, 3.63) is 51.6 Å². The molecule has 2 heterocycles. The number of para-hydroxylation sites is 1. The molecule has 1 aromatic heterocycles. The zero-order chi connectivity index (χ0) is 22.9. The van der Waals surface area contributed by atoms with Gasteiger partial charge in [0.05, 0.1) is 0 Å². The molecule has 1 unspecified atom stereocenters. The van der Waals surface area contributed by atoms with Gasteiger partial charge in [0.15, 0.2) is 11.9 Å². The van der Waals surface area contributed by atoms with Crippen molar-refractivity contribution < 1.29 is 19.2 Å². The van der Waals surface area contributed by atoms with E-state index in [0.29, 0.717) is 0 Å². The topological polar surface area (TPSA) is 115 Å². The number of carbonyl (C=O) groups excluding carboxylic acids is 2. The van der Waals surface area contributed by atoms with Crippen LogP contribution in [0.2, 0.25) is 0 Å². The lowest BCUT2D eigenvalue weighted by atomic mass is 9.92. The average Bonchev–Trinajstić information content (AvgIpc) is 2.70. The van der Waals surface area contributed by atoms with E-state index in [4.69, 9.17) is 4.74 Å². The summed E-state index contributed by atoms with van der Waals surface area (Å²) in [5.41, 5.74) is 2.73. The number of benzene rings is 1. The molecule has 1 N–H and O–H groups in total. The lowest BCUT2D eigenvalue weighted by Gasteiger charge is -2.29. The second kappa shape index (κ2) is 8.71.